The Morgan fingerprint density at radius 3 is 2.41 bits per heavy atom. The minimum atomic E-state index is -0.356. The summed E-state index contributed by atoms with van der Waals surface area (Å²) in [6, 6.07) is 13.2. The van der Waals surface area contributed by atoms with E-state index in [2.05, 4.69) is 25.4 Å². The van der Waals surface area contributed by atoms with Gasteiger partial charge in [0.1, 0.15) is 5.69 Å². The highest BCUT2D eigenvalue weighted by molar-refractivity contribution is 7.99. The van der Waals surface area contributed by atoms with Gasteiger partial charge in [-0.2, -0.15) is 0 Å². The van der Waals surface area contributed by atoms with Crippen LogP contribution >= 0.6 is 11.8 Å². The van der Waals surface area contributed by atoms with Gasteiger partial charge in [-0.15, -0.1) is 10.2 Å². The molecule has 1 N–H and O–H groups in total. The highest BCUT2D eigenvalue weighted by Crippen LogP contribution is 2.24. The molecule has 1 aliphatic rings. The van der Waals surface area contributed by atoms with Crippen molar-refractivity contribution in [2.24, 2.45) is 5.41 Å². The molecule has 0 unspecified atom stereocenters. The van der Waals surface area contributed by atoms with Crippen LogP contribution in [0.1, 0.15) is 20.8 Å². The van der Waals surface area contributed by atoms with Gasteiger partial charge in [-0.1, -0.05) is 38.6 Å². The zero-order valence-corrected chi connectivity index (χ0v) is 20.3. The number of benzene rings is 1. The minimum Gasteiger partial charge on any atom is -0.410 e. The summed E-state index contributed by atoms with van der Waals surface area (Å²) in [5.41, 5.74) is 2.03. The lowest BCUT2D eigenvalue weighted by Gasteiger charge is -2.38. The first kappa shape index (κ1) is 23.7. The Balaban J connectivity index is 1.24. The van der Waals surface area contributed by atoms with Crippen molar-refractivity contribution in [3.05, 3.63) is 48.7 Å². The Morgan fingerprint density at radius 1 is 1.03 bits per heavy atom. The third-order valence-electron chi connectivity index (χ3n) is 5.34. The van der Waals surface area contributed by atoms with E-state index in [1.807, 2.05) is 62.1 Å². The Bertz CT molecular complexity index is 1120. The molecule has 3 aromatic rings. The van der Waals surface area contributed by atoms with Gasteiger partial charge in [0, 0.05) is 49.2 Å². The molecule has 10 heteroatoms. The van der Waals surface area contributed by atoms with Crippen molar-refractivity contribution in [1.29, 1.82) is 0 Å². The van der Waals surface area contributed by atoms with Gasteiger partial charge in [-0.25, -0.2) is 0 Å². The molecule has 1 fully saturated rings. The van der Waals surface area contributed by atoms with Crippen LogP contribution in [-0.4, -0.2) is 63.8 Å². The number of amides is 2. The first-order chi connectivity index (χ1) is 16.3. The molecule has 0 spiro atoms. The summed E-state index contributed by atoms with van der Waals surface area (Å²) in [5, 5.41) is 11.1. The van der Waals surface area contributed by atoms with E-state index in [1.54, 1.807) is 12.3 Å². The Labute approximate surface area is 202 Å². The first-order valence-electron chi connectivity index (χ1n) is 11.1. The maximum Gasteiger partial charge on any atom is 0.277 e. The van der Waals surface area contributed by atoms with E-state index in [9.17, 15) is 9.59 Å². The quantitative estimate of drug-likeness (QED) is 0.534. The number of hydrogen-bond acceptors (Lipinski definition) is 8. The SMILES string of the molecule is CC(C)(C)C(=O)N1CCN(c2ccc(NC(=O)CSc3nnc(-c4ccccn4)o3)cc2)CC1. The number of anilines is 2. The Kier molecular flexibility index (Phi) is 7.16. The molecule has 0 radical (unpaired) electrons. The summed E-state index contributed by atoms with van der Waals surface area (Å²) in [7, 11) is 0. The number of piperazine rings is 1. The largest absolute Gasteiger partial charge is 0.410 e. The van der Waals surface area contributed by atoms with E-state index in [0.29, 0.717) is 29.9 Å². The van der Waals surface area contributed by atoms with Gasteiger partial charge in [0.2, 0.25) is 11.8 Å². The normalized spacial score (nSPS) is 14.2. The van der Waals surface area contributed by atoms with Crippen LogP contribution in [0.4, 0.5) is 11.4 Å². The molecule has 34 heavy (non-hydrogen) atoms. The van der Waals surface area contributed by atoms with Gasteiger partial charge in [-0.3, -0.25) is 14.6 Å². The number of rotatable bonds is 6. The van der Waals surface area contributed by atoms with E-state index in [0.717, 1.165) is 24.5 Å². The molecule has 0 aliphatic carbocycles. The molecule has 1 saturated heterocycles. The summed E-state index contributed by atoms with van der Waals surface area (Å²) in [4.78, 5) is 33.2. The molecule has 1 aliphatic heterocycles. The zero-order chi connectivity index (χ0) is 24.1. The van der Waals surface area contributed by atoms with Gasteiger partial charge in [0.25, 0.3) is 11.1 Å². The molecular formula is C24H28N6O3S. The topological polar surface area (TPSA) is 104 Å². The van der Waals surface area contributed by atoms with Crippen LogP contribution in [0.15, 0.2) is 58.3 Å². The van der Waals surface area contributed by atoms with Crippen molar-refractivity contribution in [1.82, 2.24) is 20.1 Å². The molecule has 3 heterocycles. The summed E-state index contributed by atoms with van der Waals surface area (Å²) >= 11 is 1.17. The van der Waals surface area contributed by atoms with Crippen molar-refractivity contribution < 1.29 is 14.0 Å². The molecule has 0 saturated carbocycles. The smallest absolute Gasteiger partial charge is 0.277 e. The molecule has 2 aromatic heterocycles. The summed E-state index contributed by atoms with van der Waals surface area (Å²) < 4.78 is 5.56. The number of carbonyl (C=O) groups excluding carboxylic acids is 2. The van der Waals surface area contributed by atoms with Crippen LogP contribution in [0.3, 0.4) is 0 Å². The highest BCUT2D eigenvalue weighted by Gasteiger charge is 2.29. The monoisotopic (exact) mass is 480 g/mol. The average molecular weight is 481 g/mol. The van der Waals surface area contributed by atoms with Crippen LogP contribution in [0.5, 0.6) is 0 Å². The van der Waals surface area contributed by atoms with Crippen LogP contribution in [0.2, 0.25) is 0 Å². The number of aromatic nitrogens is 3. The maximum absolute atomic E-state index is 12.5. The maximum atomic E-state index is 12.5. The van der Waals surface area contributed by atoms with Crippen molar-refractivity contribution in [2.75, 3.05) is 42.1 Å². The number of hydrogen-bond donors (Lipinski definition) is 1. The lowest BCUT2D eigenvalue weighted by atomic mass is 9.94. The van der Waals surface area contributed by atoms with Gasteiger partial charge in [0.15, 0.2) is 0 Å². The summed E-state index contributed by atoms with van der Waals surface area (Å²) in [6.07, 6.45) is 1.65. The second-order valence-corrected chi connectivity index (χ2v) is 9.93. The Morgan fingerprint density at radius 2 is 1.76 bits per heavy atom. The number of nitrogens with zero attached hydrogens (tertiary/aromatic N) is 5. The molecule has 9 nitrogen and oxygen atoms in total. The van der Waals surface area contributed by atoms with Gasteiger partial charge in [0.05, 0.1) is 5.75 Å². The second-order valence-electron chi connectivity index (χ2n) is 9.00. The molecule has 2 amide bonds. The van der Waals surface area contributed by atoms with Crippen molar-refractivity contribution in [3.63, 3.8) is 0 Å². The van der Waals surface area contributed by atoms with E-state index in [1.165, 1.54) is 11.8 Å². The first-order valence-corrected chi connectivity index (χ1v) is 12.1. The van der Waals surface area contributed by atoms with E-state index in [4.69, 9.17) is 4.42 Å². The molecule has 4 rings (SSSR count). The fourth-order valence-corrected chi connectivity index (χ4v) is 4.15. The van der Waals surface area contributed by atoms with Crippen molar-refractivity contribution in [3.8, 4) is 11.6 Å². The molecular weight excluding hydrogens is 452 g/mol. The predicted molar refractivity (Wildman–Crippen MR) is 132 cm³/mol. The third kappa shape index (κ3) is 5.93. The van der Waals surface area contributed by atoms with Gasteiger partial charge < -0.3 is 19.5 Å². The third-order valence-corrected chi connectivity index (χ3v) is 6.16. The zero-order valence-electron chi connectivity index (χ0n) is 19.5. The fraction of sp³-hybridized carbons (Fsp3) is 0.375. The predicted octanol–water partition coefficient (Wildman–Crippen LogP) is 3.56. The fourth-order valence-electron chi connectivity index (χ4n) is 3.58. The van der Waals surface area contributed by atoms with Crippen molar-refractivity contribution in [2.45, 2.75) is 26.0 Å². The molecule has 178 valence electrons. The number of thioether (sulfide) groups is 1. The van der Waals surface area contributed by atoms with Crippen LogP contribution < -0.4 is 10.2 Å². The number of carbonyl (C=O) groups is 2. The lowest BCUT2D eigenvalue weighted by molar-refractivity contribution is -0.139. The van der Waals surface area contributed by atoms with Crippen LogP contribution in [-0.2, 0) is 9.59 Å². The van der Waals surface area contributed by atoms with Gasteiger partial charge >= 0.3 is 0 Å². The summed E-state index contributed by atoms with van der Waals surface area (Å²) in [6.45, 7) is 8.86. The van der Waals surface area contributed by atoms with Crippen LogP contribution in [0, 0.1) is 5.41 Å². The van der Waals surface area contributed by atoms with E-state index >= 15 is 0 Å². The lowest BCUT2D eigenvalue weighted by Crippen LogP contribution is -2.51. The second kappa shape index (κ2) is 10.3. The number of nitrogens with one attached hydrogen (secondary N) is 1. The molecule has 0 atom stereocenters. The minimum absolute atomic E-state index is 0.148. The van der Waals surface area contributed by atoms with Crippen LogP contribution in [0.25, 0.3) is 11.6 Å². The van der Waals surface area contributed by atoms with Crippen molar-refractivity contribution >= 4 is 35.0 Å². The Hall–Kier alpha value is -3.40. The van der Waals surface area contributed by atoms with E-state index in [-0.39, 0.29) is 23.0 Å². The van der Waals surface area contributed by atoms with Gasteiger partial charge in [-0.05, 0) is 36.4 Å². The molecule has 0 bridgehead atoms. The number of pyridine rings is 1. The standard InChI is InChI=1S/C24H28N6O3S/c1-24(2,3)22(32)30-14-12-29(13-15-30)18-9-7-17(8-10-18)26-20(31)16-34-23-28-27-21(33-23)19-6-4-5-11-25-19/h4-11H,12-16H2,1-3H3,(H,26,31). The molecule has 1 aromatic carbocycles. The summed E-state index contributed by atoms with van der Waals surface area (Å²) in [5.74, 6) is 0.499. The average Bonchev–Trinajstić information content (AvgIpc) is 3.32. The highest BCUT2D eigenvalue weighted by atomic mass is 32.2. The van der Waals surface area contributed by atoms with E-state index < -0.39 is 0 Å².